The van der Waals surface area contributed by atoms with Gasteiger partial charge in [0, 0.05) is 12.4 Å². The lowest BCUT2D eigenvalue weighted by molar-refractivity contribution is 0.0918. The third kappa shape index (κ3) is 4.91. The van der Waals surface area contributed by atoms with Gasteiger partial charge >= 0.3 is 0 Å². The highest BCUT2D eigenvalue weighted by atomic mass is 16.2. The Balaban J connectivity index is 2.36. The van der Waals surface area contributed by atoms with Crippen molar-refractivity contribution in [3.05, 3.63) is 24.3 Å². The van der Waals surface area contributed by atoms with Gasteiger partial charge in [0.1, 0.15) is 5.69 Å². The van der Waals surface area contributed by atoms with Crippen molar-refractivity contribution in [3.63, 3.8) is 0 Å². The largest absolute Gasteiger partial charge is 0.338 e. The van der Waals surface area contributed by atoms with Gasteiger partial charge in [-0.15, -0.1) is 0 Å². The first-order valence-electron chi connectivity index (χ1n) is 6.04. The van der Waals surface area contributed by atoms with Gasteiger partial charge in [0.25, 0.3) is 5.91 Å². The number of hydrogen-bond donors (Lipinski definition) is 1. The summed E-state index contributed by atoms with van der Waals surface area (Å²) >= 11 is 0. The zero-order valence-electron chi connectivity index (χ0n) is 10.5. The van der Waals surface area contributed by atoms with E-state index in [1.165, 1.54) is 12.4 Å². The molecule has 1 aromatic heterocycles. The Morgan fingerprint density at radius 2 is 2.24 bits per heavy atom. The number of carbonyl (C=O) groups excluding carboxylic acids is 1. The van der Waals surface area contributed by atoms with Crippen LogP contribution in [-0.4, -0.2) is 40.5 Å². The van der Waals surface area contributed by atoms with Crippen LogP contribution in [0.2, 0.25) is 0 Å². The minimum Gasteiger partial charge on any atom is -0.338 e. The van der Waals surface area contributed by atoms with Crippen molar-refractivity contribution in [2.75, 3.05) is 19.8 Å². The van der Waals surface area contributed by atoms with Crippen LogP contribution in [0.4, 0.5) is 0 Å². The fourth-order valence-corrected chi connectivity index (χ4v) is 1.42. The highest BCUT2D eigenvalue weighted by molar-refractivity contribution is 5.91. The molecule has 5 nitrogen and oxygen atoms in total. The molecular formula is C12H20N4O. The van der Waals surface area contributed by atoms with E-state index in [1.807, 2.05) is 0 Å². The van der Waals surface area contributed by atoms with E-state index in [4.69, 9.17) is 0 Å². The Bertz CT molecular complexity index is 329. The minimum absolute atomic E-state index is 0.173. The summed E-state index contributed by atoms with van der Waals surface area (Å²) < 4.78 is 0. The number of aromatic nitrogens is 2. The first-order chi connectivity index (χ1) is 8.27. The Morgan fingerprint density at radius 1 is 1.41 bits per heavy atom. The summed E-state index contributed by atoms with van der Waals surface area (Å²) in [6.45, 7) is 6.75. The minimum atomic E-state index is -0.173. The van der Waals surface area contributed by atoms with Crippen LogP contribution in [0.1, 0.15) is 37.2 Å². The second-order valence-corrected chi connectivity index (χ2v) is 3.82. The molecular weight excluding hydrogens is 216 g/mol. The molecule has 0 unspecified atom stereocenters. The standard InChI is InChI=1S/C12H20N4O/c1-3-5-8-16(4-2)10-15-12(17)11-9-13-6-7-14-11/h6-7,9H,3-5,8,10H2,1-2H3,(H,15,17). The van der Waals surface area contributed by atoms with E-state index in [9.17, 15) is 4.79 Å². The van der Waals surface area contributed by atoms with Crippen LogP contribution >= 0.6 is 0 Å². The van der Waals surface area contributed by atoms with E-state index >= 15 is 0 Å². The SMILES string of the molecule is CCCCN(CC)CNC(=O)c1cnccn1. The lowest BCUT2D eigenvalue weighted by atomic mass is 10.3. The Morgan fingerprint density at radius 3 is 2.82 bits per heavy atom. The predicted octanol–water partition coefficient (Wildman–Crippen LogP) is 1.29. The maximum Gasteiger partial charge on any atom is 0.272 e. The van der Waals surface area contributed by atoms with Gasteiger partial charge in [-0.3, -0.25) is 14.7 Å². The topological polar surface area (TPSA) is 58.1 Å². The van der Waals surface area contributed by atoms with Crippen LogP contribution in [0.3, 0.4) is 0 Å². The lowest BCUT2D eigenvalue weighted by Gasteiger charge is -2.20. The predicted molar refractivity (Wildman–Crippen MR) is 66.5 cm³/mol. The van der Waals surface area contributed by atoms with Crippen LogP contribution in [-0.2, 0) is 0 Å². The van der Waals surface area contributed by atoms with Crippen molar-refractivity contribution in [1.82, 2.24) is 20.2 Å². The van der Waals surface area contributed by atoms with Gasteiger partial charge in [0.2, 0.25) is 0 Å². The van der Waals surface area contributed by atoms with Crippen LogP contribution < -0.4 is 5.32 Å². The van der Waals surface area contributed by atoms with Crippen LogP contribution in [0.15, 0.2) is 18.6 Å². The van der Waals surface area contributed by atoms with Gasteiger partial charge in [-0.1, -0.05) is 20.3 Å². The number of unbranched alkanes of at least 4 members (excludes halogenated alkanes) is 1. The normalized spacial score (nSPS) is 10.5. The molecule has 0 radical (unpaired) electrons. The Labute approximate surface area is 102 Å². The van der Waals surface area contributed by atoms with E-state index in [0.29, 0.717) is 12.4 Å². The second-order valence-electron chi connectivity index (χ2n) is 3.82. The summed E-state index contributed by atoms with van der Waals surface area (Å²) in [5.41, 5.74) is 0.360. The number of nitrogens with zero attached hydrogens (tertiary/aromatic N) is 3. The number of hydrogen-bond acceptors (Lipinski definition) is 4. The molecule has 0 aliphatic heterocycles. The Hall–Kier alpha value is -1.49. The summed E-state index contributed by atoms with van der Waals surface area (Å²) in [5.74, 6) is -0.173. The number of carbonyl (C=O) groups is 1. The molecule has 0 spiro atoms. The number of nitrogens with one attached hydrogen (secondary N) is 1. The third-order valence-corrected chi connectivity index (χ3v) is 2.53. The maximum absolute atomic E-state index is 11.7. The van der Waals surface area contributed by atoms with Crippen molar-refractivity contribution in [3.8, 4) is 0 Å². The lowest BCUT2D eigenvalue weighted by Crippen LogP contribution is -2.38. The molecule has 0 bridgehead atoms. The molecule has 94 valence electrons. The summed E-state index contributed by atoms with van der Waals surface area (Å²) in [6, 6.07) is 0. The summed E-state index contributed by atoms with van der Waals surface area (Å²) in [6.07, 6.45) is 6.85. The van der Waals surface area contributed by atoms with Crippen molar-refractivity contribution in [2.24, 2.45) is 0 Å². The molecule has 0 aliphatic rings. The molecule has 0 fully saturated rings. The van der Waals surface area contributed by atoms with Crippen molar-refractivity contribution < 1.29 is 4.79 Å². The quantitative estimate of drug-likeness (QED) is 0.725. The summed E-state index contributed by atoms with van der Waals surface area (Å²) in [4.78, 5) is 21.7. The van der Waals surface area contributed by atoms with Crippen LogP contribution in [0, 0.1) is 0 Å². The van der Waals surface area contributed by atoms with Crippen LogP contribution in [0.25, 0.3) is 0 Å². The number of amides is 1. The molecule has 0 aliphatic carbocycles. The van der Waals surface area contributed by atoms with Gasteiger partial charge in [-0.05, 0) is 19.5 Å². The highest BCUT2D eigenvalue weighted by Gasteiger charge is 2.08. The van der Waals surface area contributed by atoms with Crippen molar-refractivity contribution >= 4 is 5.91 Å². The Kier molecular flexibility index (Phi) is 6.17. The van der Waals surface area contributed by atoms with Crippen LogP contribution in [0.5, 0.6) is 0 Å². The van der Waals surface area contributed by atoms with Gasteiger partial charge in [-0.25, -0.2) is 4.98 Å². The molecule has 5 heteroatoms. The average molecular weight is 236 g/mol. The summed E-state index contributed by atoms with van der Waals surface area (Å²) in [7, 11) is 0. The summed E-state index contributed by atoms with van der Waals surface area (Å²) in [5, 5.41) is 2.84. The maximum atomic E-state index is 11.7. The molecule has 1 aromatic rings. The van der Waals surface area contributed by atoms with Crippen molar-refractivity contribution in [1.29, 1.82) is 0 Å². The smallest absolute Gasteiger partial charge is 0.272 e. The monoisotopic (exact) mass is 236 g/mol. The number of rotatable bonds is 7. The fraction of sp³-hybridized carbons (Fsp3) is 0.583. The van der Waals surface area contributed by atoms with E-state index in [-0.39, 0.29) is 5.91 Å². The van der Waals surface area contributed by atoms with E-state index in [1.54, 1.807) is 6.20 Å². The first kappa shape index (κ1) is 13.6. The van der Waals surface area contributed by atoms with E-state index < -0.39 is 0 Å². The average Bonchev–Trinajstić information content (AvgIpc) is 2.39. The molecule has 1 rings (SSSR count). The van der Waals surface area contributed by atoms with E-state index in [2.05, 4.69) is 34.0 Å². The van der Waals surface area contributed by atoms with Gasteiger partial charge in [-0.2, -0.15) is 0 Å². The third-order valence-electron chi connectivity index (χ3n) is 2.53. The fourth-order valence-electron chi connectivity index (χ4n) is 1.42. The molecule has 1 amide bonds. The van der Waals surface area contributed by atoms with Crippen molar-refractivity contribution in [2.45, 2.75) is 26.7 Å². The molecule has 0 aromatic carbocycles. The van der Waals surface area contributed by atoms with Gasteiger partial charge < -0.3 is 5.32 Å². The molecule has 0 atom stereocenters. The molecule has 1 N–H and O–H groups in total. The first-order valence-corrected chi connectivity index (χ1v) is 6.04. The molecule has 1 heterocycles. The van der Waals surface area contributed by atoms with Gasteiger partial charge in [0.15, 0.2) is 0 Å². The van der Waals surface area contributed by atoms with Gasteiger partial charge in [0.05, 0.1) is 12.9 Å². The second kappa shape index (κ2) is 7.73. The molecule has 0 saturated heterocycles. The van der Waals surface area contributed by atoms with E-state index in [0.717, 1.165) is 25.9 Å². The zero-order valence-corrected chi connectivity index (χ0v) is 10.5. The molecule has 0 saturated carbocycles. The highest BCUT2D eigenvalue weighted by Crippen LogP contribution is 1.94. The zero-order chi connectivity index (χ0) is 12.5. The molecule has 17 heavy (non-hydrogen) atoms.